The van der Waals surface area contributed by atoms with E-state index in [2.05, 4.69) is 5.16 Å². The Kier molecular flexibility index (Phi) is 4.90. The highest BCUT2D eigenvalue weighted by atomic mass is 16.5. The van der Waals surface area contributed by atoms with Gasteiger partial charge in [0.1, 0.15) is 5.76 Å². The Hall–Kier alpha value is -1.36. The van der Waals surface area contributed by atoms with Crippen molar-refractivity contribution in [2.24, 2.45) is 11.7 Å². The smallest absolute Gasteiger partial charge is 0.224 e. The molecule has 1 atom stereocenters. The first-order chi connectivity index (χ1) is 8.32. The molecule has 0 spiro atoms. The zero-order valence-corrected chi connectivity index (χ0v) is 11.9. The Morgan fingerprint density at radius 2 is 2.06 bits per heavy atom. The van der Waals surface area contributed by atoms with Crippen LogP contribution in [0.4, 0.5) is 0 Å². The quantitative estimate of drug-likeness (QED) is 0.865. The van der Waals surface area contributed by atoms with Gasteiger partial charge < -0.3 is 15.2 Å². The van der Waals surface area contributed by atoms with Crippen molar-refractivity contribution in [1.82, 2.24) is 10.1 Å². The van der Waals surface area contributed by atoms with Gasteiger partial charge in [-0.1, -0.05) is 19.0 Å². The molecule has 1 amide bonds. The summed E-state index contributed by atoms with van der Waals surface area (Å²) in [5.41, 5.74) is 7.72. The van der Waals surface area contributed by atoms with E-state index < -0.39 is 0 Å². The monoisotopic (exact) mass is 253 g/mol. The zero-order valence-electron chi connectivity index (χ0n) is 11.9. The van der Waals surface area contributed by atoms with Crippen LogP contribution < -0.4 is 5.73 Å². The highest BCUT2D eigenvalue weighted by Gasteiger charge is 2.18. The van der Waals surface area contributed by atoms with Gasteiger partial charge in [-0.2, -0.15) is 0 Å². The third kappa shape index (κ3) is 3.57. The van der Waals surface area contributed by atoms with Gasteiger partial charge in [0.25, 0.3) is 0 Å². The molecule has 1 unspecified atom stereocenters. The van der Waals surface area contributed by atoms with Crippen LogP contribution in [-0.2, 0) is 11.3 Å². The number of aromatic nitrogens is 1. The minimum absolute atomic E-state index is 0.0520. The number of nitrogens with two attached hydrogens (primary N) is 1. The van der Waals surface area contributed by atoms with Crippen LogP contribution in [0.5, 0.6) is 0 Å². The van der Waals surface area contributed by atoms with E-state index in [0.717, 1.165) is 17.0 Å². The number of nitrogens with zero attached hydrogens (tertiary/aromatic N) is 2. The minimum atomic E-state index is -0.0929. The van der Waals surface area contributed by atoms with E-state index in [9.17, 15) is 4.79 Å². The van der Waals surface area contributed by atoms with Crippen LogP contribution in [-0.4, -0.2) is 29.1 Å². The minimum Gasteiger partial charge on any atom is -0.361 e. The van der Waals surface area contributed by atoms with E-state index in [1.807, 2.05) is 27.7 Å². The summed E-state index contributed by atoms with van der Waals surface area (Å²) in [5.74, 6) is 1.12. The van der Waals surface area contributed by atoms with Gasteiger partial charge in [-0.3, -0.25) is 4.79 Å². The molecule has 18 heavy (non-hydrogen) atoms. The molecular weight excluding hydrogens is 230 g/mol. The van der Waals surface area contributed by atoms with Crippen LogP contribution in [0, 0.1) is 19.8 Å². The van der Waals surface area contributed by atoms with Gasteiger partial charge in [-0.15, -0.1) is 0 Å². The lowest BCUT2D eigenvalue weighted by molar-refractivity contribution is -0.131. The fourth-order valence-electron chi connectivity index (χ4n) is 1.65. The van der Waals surface area contributed by atoms with E-state index in [1.54, 1.807) is 11.9 Å². The normalized spacial score (nSPS) is 12.8. The second kappa shape index (κ2) is 6.00. The Balaban J connectivity index is 2.60. The van der Waals surface area contributed by atoms with Crippen molar-refractivity contribution in [3.8, 4) is 0 Å². The van der Waals surface area contributed by atoms with E-state index in [0.29, 0.717) is 18.9 Å². The fraction of sp³-hybridized carbons (Fsp3) is 0.692. The van der Waals surface area contributed by atoms with Crippen LogP contribution in [0.1, 0.15) is 37.3 Å². The SMILES string of the molecule is Cc1noc(C)c1CN(C)C(=O)CC(N)C(C)C. The first-order valence-corrected chi connectivity index (χ1v) is 6.24. The molecule has 0 aliphatic rings. The highest BCUT2D eigenvalue weighted by molar-refractivity contribution is 5.76. The van der Waals surface area contributed by atoms with Crippen molar-refractivity contribution >= 4 is 5.91 Å². The molecule has 5 heteroatoms. The highest BCUT2D eigenvalue weighted by Crippen LogP contribution is 2.15. The summed E-state index contributed by atoms with van der Waals surface area (Å²) in [6.07, 6.45) is 0.373. The van der Waals surface area contributed by atoms with Gasteiger partial charge in [0.15, 0.2) is 0 Å². The summed E-state index contributed by atoms with van der Waals surface area (Å²) in [6, 6.07) is -0.0929. The summed E-state index contributed by atoms with van der Waals surface area (Å²) < 4.78 is 5.08. The molecular formula is C13H23N3O2. The molecule has 0 radical (unpaired) electrons. The number of carbonyl (C=O) groups excluding carboxylic acids is 1. The summed E-state index contributed by atoms with van der Waals surface area (Å²) in [5, 5.41) is 3.88. The van der Waals surface area contributed by atoms with Gasteiger partial charge in [0, 0.05) is 25.1 Å². The number of carbonyl (C=O) groups is 1. The van der Waals surface area contributed by atoms with Gasteiger partial charge in [0.05, 0.1) is 12.2 Å². The first kappa shape index (κ1) is 14.7. The Morgan fingerprint density at radius 1 is 1.44 bits per heavy atom. The molecule has 102 valence electrons. The van der Waals surface area contributed by atoms with E-state index >= 15 is 0 Å². The van der Waals surface area contributed by atoms with Crippen molar-refractivity contribution < 1.29 is 9.32 Å². The van der Waals surface area contributed by atoms with Gasteiger partial charge in [-0.05, 0) is 19.8 Å². The molecule has 1 heterocycles. The number of hydrogen-bond acceptors (Lipinski definition) is 4. The molecule has 0 saturated carbocycles. The molecule has 1 rings (SSSR count). The lowest BCUT2D eigenvalue weighted by Crippen LogP contribution is -2.35. The lowest BCUT2D eigenvalue weighted by atomic mass is 10.0. The fourth-order valence-corrected chi connectivity index (χ4v) is 1.65. The second-order valence-electron chi connectivity index (χ2n) is 5.16. The van der Waals surface area contributed by atoms with Crippen molar-refractivity contribution in [2.45, 2.75) is 46.7 Å². The summed E-state index contributed by atoms with van der Waals surface area (Å²) in [6.45, 7) is 8.29. The maximum atomic E-state index is 12.0. The predicted octanol–water partition coefficient (Wildman–Crippen LogP) is 1.62. The maximum Gasteiger partial charge on any atom is 0.224 e. The van der Waals surface area contributed by atoms with Gasteiger partial charge >= 0.3 is 0 Å². The van der Waals surface area contributed by atoms with Crippen molar-refractivity contribution in [3.63, 3.8) is 0 Å². The molecule has 1 aromatic rings. The van der Waals surface area contributed by atoms with Gasteiger partial charge in [0.2, 0.25) is 5.91 Å². The van der Waals surface area contributed by atoms with Crippen LogP contribution in [0.2, 0.25) is 0 Å². The van der Waals surface area contributed by atoms with Crippen molar-refractivity contribution in [2.75, 3.05) is 7.05 Å². The standard InChI is InChI=1S/C13H23N3O2/c1-8(2)12(14)6-13(17)16(5)7-11-9(3)15-18-10(11)4/h8,12H,6-7,14H2,1-5H3. The van der Waals surface area contributed by atoms with Crippen molar-refractivity contribution in [3.05, 3.63) is 17.0 Å². The third-order valence-corrected chi connectivity index (χ3v) is 3.27. The zero-order chi connectivity index (χ0) is 13.9. The topological polar surface area (TPSA) is 72.4 Å². The summed E-state index contributed by atoms with van der Waals surface area (Å²) >= 11 is 0. The number of hydrogen-bond donors (Lipinski definition) is 1. The lowest BCUT2D eigenvalue weighted by Gasteiger charge is -2.21. The molecule has 0 saturated heterocycles. The van der Waals surface area contributed by atoms with E-state index in [1.165, 1.54) is 0 Å². The maximum absolute atomic E-state index is 12.0. The van der Waals surface area contributed by atoms with Crippen LogP contribution in [0.25, 0.3) is 0 Å². The molecule has 0 bridgehead atoms. The number of amides is 1. The van der Waals surface area contributed by atoms with Gasteiger partial charge in [-0.25, -0.2) is 0 Å². The Bertz CT molecular complexity index is 393. The Labute approximate surface area is 108 Å². The Morgan fingerprint density at radius 3 is 2.50 bits per heavy atom. The number of aryl methyl sites for hydroxylation is 2. The second-order valence-corrected chi connectivity index (χ2v) is 5.16. The van der Waals surface area contributed by atoms with Crippen LogP contribution in [0.15, 0.2) is 4.52 Å². The largest absolute Gasteiger partial charge is 0.361 e. The molecule has 0 aliphatic carbocycles. The molecule has 0 aliphatic heterocycles. The first-order valence-electron chi connectivity index (χ1n) is 6.24. The summed E-state index contributed by atoms with van der Waals surface area (Å²) in [4.78, 5) is 13.7. The van der Waals surface area contributed by atoms with Crippen molar-refractivity contribution in [1.29, 1.82) is 0 Å². The van der Waals surface area contributed by atoms with E-state index in [-0.39, 0.29) is 11.9 Å². The van der Waals surface area contributed by atoms with E-state index in [4.69, 9.17) is 10.3 Å². The molecule has 1 aromatic heterocycles. The molecule has 2 N–H and O–H groups in total. The number of rotatable bonds is 5. The molecule has 0 fully saturated rings. The average molecular weight is 253 g/mol. The average Bonchev–Trinajstić information content (AvgIpc) is 2.60. The summed E-state index contributed by atoms with van der Waals surface area (Å²) in [7, 11) is 1.78. The molecule has 5 nitrogen and oxygen atoms in total. The van der Waals surface area contributed by atoms with Crippen LogP contribution in [0.3, 0.4) is 0 Å². The predicted molar refractivity (Wildman–Crippen MR) is 69.9 cm³/mol. The van der Waals surface area contributed by atoms with Crippen LogP contribution >= 0.6 is 0 Å². The molecule has 0 aromatic carbocycles. The third-order valence-electron chi connectivity index (χ3n) is 3.27.